The number of rotatable bonds is 5. The van der Waals surface area contributed by atoms with Gasteiger partial charge in [-0.3, -0.25) is 10.1 Å². The Balaban J connectivity index is 2.17. The summed E-state index contributed by atoms with van der Waals surface area (Å²) in [6, 6.07) is 7.70. The average molecular weight is 440 g/mol. The molecule has 0 unspecified atom stereocenters. The molecular formula is C15H10Cl2F3N3O3S. The maximum Gasteiger partial charge on any atom is 0.422 e. The molecule has 0 aliphatic carbocycles. The molecular weight excluding hydrogens is 430 g/mol. The molecule has 12 heteroatoms. The van der Waals surface area contributed by atoms with Gasteiger partial charge in [-0.05, 0) is 30.4 Å². The second kappa shape index (κ2) is 8.59. The molecule has 0 aromatic heterocycles. The molecule has 27 heavy (non-hydrogen) atoms. The Morgan fingerprint density at radius 1 is 1.07 bits per heavy atom. The molecule has 0 atom stereocenters. The number of nitro groups is 1. The van der Waals surface area contributed by atoms with Gasteiger partial charge in [0.1, 0.15) is 5.75 Å². The van der Waals surface area contributed by atoms with Crippen LogP contribution in [0.2, 0.25) is 10.0 Å². The Hall–Kier alpha value is -2.30. The summed E-state index contributed by atoms with van der Waals surface area (Å²) in [5.41, 5.74) is 0.0433. The largest absolute Gasteiger partial charge is 0.484 e. The first-order valence-electron chi connectivity index (χ1n) is 7.05. The second-order valence-corrected chi connectivity index (χ2v) is 6.39. The van der Waals surface area contributed by atoms with Gasteiger partial charge >= 0.3 is 6.18 Å². The summed E-state index contributed by atoms with van der Waals surface area (Å²) in [5.74, 6) is -0.336. The number of nitro benzene ring substituents is 1. The zero-order chi connectivity index (χ0) is 20.2. The van der Waals surface area contributed by atoms with E-state index in [0.29, 0.717) is 15.7 Å². The summed E-state index contributed by atoms with van der Waals surface area (Å²) in [7, 11) is 0. The predicted octanol–water partition coefficient (Wildman–Crippen LogP) is 5.65. The van der Waals surface area contributed by atoms with Crippen molar-refractivity contribution in [3.05, 3.63) is 56.6 Å². The number of thiocarbonyl (C=S) groups is 1. The van der Waals surface area contributed by atoms with Crippen LogP contribution in [0.5, 0.6) is 5.75 Å². The van der Waals surface area contributed by atoms with Crippen molar-refractivity contribution in [3.63, 3.8) is 0 Å². The first-order valence-corrected chi connectivity index (χ1v) is 8.21. The molecule has 0 radical (unpaired) electrons. The number of hydrogen-bond donors (Lipinski definition) is 2. The molecule has 0 bridgehead atoms. The molecule has 0 saturated heterocycles. The number of benzene rings is 2. The highest BCUT2D eigenvalue weighted by atomic mass is 35.5. The smallest absolute Gasteiger partial charge is 0.422 e. The van der Waals surface area contributed by atoms with Gasteiger partial charge in [0.05, 0.1) is 16.7 Å². The monoisotopic (exact) mass is 439 g/mol. The van der Waals surface area contributed by atoms with E-state index in [1.165, 1.54) is 18.2 Å². The molecule has 0 aliphatic heterocycles. The standard InChI is InChI=1S/C15H10Cl2F3N3O3S/c16-8-1-9(17)3-10(2-8)21-14(27)22-11-4-12(23(24)25)6-13(5-11)26-7-15(18,19)20/h1-6H,7H2,(H2,21,22,27). The number of ether oxygens (including phenoxy) is 1. The number of alkyl halides is 3. The third kappa shape index (κ3) is 7.08. The molecule has 2 rings (SSSR count). The van der Waals surface area contributed by atoms with Crippen molar-refractivity contribution in [2.45, 2.75) is 6.18 Å². The number of hydrogen-bond acceptors (Lipinski definition) is 4. The minimum Gasteiger partial charge on any atom is -0.484 e. The number of anilines is 2. The van der Waals surface area contributed by atoms with Crippen LogP contribution in [0.4, 0.5) is 30.2 Å². The van der Waals surface area contributed by atoms with Crippen LogP contribution in [0.25, 0.3) is 0 Å². The van der Waals surface area contributed by atoms with Crippen molar-refractivity contribution in [2.75, 3.05) is 17.2 Å². The number of nitrogens with one attached hydrogen (secondary N) is 2. The molecule has 2 aromatic carbocycles. The van der Waals surface area contributed by atoms with Crippen LogP contribution in [0, 0.1) is 10.1 Å². The Kier molecular flexibility index (Phi) is 6.68. The maximum atomic E-state index is 12.3. The van der Waals surface area contributed by atoms with Crippen molar-refractivity contribution in [3.8, 4) is 5.75 Å². The van der Waals surface area contributed by atoms with Gasteiger partial charge in [0.2, 0.25) is 0 Å². The summed E-state index contributed by atoms with van der Waals surface area (Å²) < 4.78 is 41.4. The zero-order valence-electron chi connectivity index (χ0n) is 13.1. The van der Waals surface area contributed by atoms with Crippen LogP contribution in [-0.2, 0) is 0 Å². The quantitative estimate of drug-likeness (QED) is 0.356. The lowest BCUT2D eigenvalue weighted by Gasteiger charge is -2.13. The first kappa shape index (κ1) is 21.0. The number of halogens is 5. The molecule has 0 amide bonds. The molecule has 2 aromatic rings. The maximum absolute atomic E-state index is 12.3. The summed E-state index contributed by atoms with van der Waals surface area (Å²) in [6.45, 7) is -1.59. The van der Waals surface area contributed by atoms with E-state index in [-0.39, 0.29) is 16.5 Å². The Bertz CT molecular complexity index is 861. The topological polar surface area (TPSA) is 76.4 Å². The van der Waals surface area contributed by atoms with E-state index >= 15 is 0 Å². The third-order valence-corrected chi connectivity index (χ3v) is 3.52. The van der Waals surface area contributed by atoms with Gasteiger partial charge in [-0.1, -0.05) is 23.2 Å². The van der Waals surface area contributed by atoms with Gasteiger partial charge in [-0.2, -0.15) is 13.2 Å². The van der Waals surface area contributed by atoms with Crippen molar-refractivity contribution < 1.29 is 22.8 Å². The van der Waals surface area contributed by atoms with E-state index in [1.54, 1.807) is 0 Å². The minimum absolute atomic E-state index is 0.00982. The van der Waals surface area contributed by atoms with Crippen LogP contribution < -0.4 is 15.4 Å². The highest BCUT2D eigenvalue weighted by Crippen LogP contribution is 2.28. The fourth-order valence-corrected chi connectivity index (χ4v) is 2.69. The lowest BCUT2D eigenvalue weighted by Crippen LogP contribution is -2.20. The SMILES string of the molecule is O=[N+]([O-])c1cc(NC(=S)Nc2cc(Cl)cc(Cl)c2)cc(OCC(F)(F)F)c1. The molecule has 0 heterocycles. The summed E-state index contributed by atoms with van der Waals surface area (Å²) in [6.07, 6.45) is -4.58. The Morgan fingerprint density at radius 2 is 1.63 bits per heavy atom. The van der Waals surface area contributed by atoms with Crippen LogP contribution >= 0.6 is 35.4 Å². The highest BCUT2D eigenvalue weighted by molar-refractivity contribution is 7.80. The highest BCUT2D eigenvalue weighted by Gasteiger charge is 2.28. The van der Waals surface area contributed by atoms with E-state index in [1.807, 2.05) is 0 Å². The Morgan fingerprint density at radius 3 is 2.15 bits per heavy atom. The Labute approximate surface area is 166 Å². The van der Waals surface area contributed by atoms with Crippen molar-refractivity contribution in [1.29, 1.82) is 0 Å². The van der Waals surface area contributed by atoms with E-state index < -0.39 is 23.4 Å². The second-order valence-electron chi connectivity index (χ2n) is 5.11. The van der Waals surface area contributed by atoms with Crippen LogP contribution in [-0.4, -0.2) is 22.8 Å². The molecule has 144 valence electrons. The van der Waals surface area contributed by atoms with Gasteiger partial charge in [0.25, 0.3) is 5.69 Å². The molecule has 0 fully saturated rings. The van der Waals surface area contributed by atoms with Gasteiger partial charge in [0, 0.05) is 27.9 Å². The van der Waals surface area contributed by atoms with Gasteiger partial charge < -0.3 is 15.4 Å². The number of non-ortho nitro benzene ring substituents is 1. The third-order valence-electron chi connectivity index (χ3n) is 2.88. The van der Waals surface area contributed by atoms with E-state index in [9.17, 15) is 23.3 Å². The first-order chi connectivity index (χ1) is 12.5. The zero-order valence-corrected chi connectivity index (χ0v) is 15.5. The van der Waals surface area contributed by atoms with Gasteiger partial charge in [0.15, 0.2) is 11.7 Å². The predicted molar refractivity (Wildman–Crippen MR) is 101 cm³/mol. The summed E-state index contributed by atoms with van der Waals surface area (Å²) >= 11 is 16.8. The fraction of sp³-hybridized carbons (Fsp3) is 0.133. The van der Waals surface area contributed by atoms with Crippen molar-refractivity contribution in [1.82, 2.24) is 0 Å². The van der Waals surface area contributed by atoms with E-state index in [0.717, 1.165) is 18.2 Å². The molecule has 0 spiro atoms. The normalized spacial score (nSPS) is 11.0. The van der Waals surface area contributed by atoms with Crippen molar-refractivity contribution in [2.24, 2.45) is 0 Å². The van der Waals surface area contributed by atoms with Crippen LogP contribution in [0.15, 0.2) is 36.4 Å². The molecule has 2 N–H and O–H groups in total. The lowest BCUT2D eigenvalue weighted by molar-refractivity contribution is -0.384. The molecule has 6 nitrogen and oxygen atoms in total. The minimum atomic E-state index is -4.58. The van der Waals surface area contributed by atoms with Crippen molar-refractivity contribution >= 4 is 57.6 Å². The average Bonchev–Trinajstić information content (AvgIpc) is 2.50. The summed E-state index contributed by atoms with van der Waals surface area (Å²) in [5, 5.41) is 17.1. The molecule has 0 saturated carbocycles. The van der Waals surface area contributed by atoms with Gasteiger partial charge in [-0.15, -0.1) is 0 Å². The van der Waals surface area contributed by atoms with Crippen LogP contribution in [0.1, 0.15) is 0 Å². The lowest BCUT2D eigenvalue weighted by atomic mass is 10.2. The number of nitrogens with zero attached hydrogens (tertiary/aromatic N) is 1. The molecule has 0 aliphatic rings. The van der Waals surface area contributed by atoms with E-state index in [4.69, 9.17) is 35.4 Å². The van der Waals surface area contributed by atoms with Crippen LogP contribution in [0.3, 0.4) is 0 Å². The van der Waals surface area contributed by atoms with Gasteiger partial charge in [-0.25, -0.2) is 0 Å². The van der Waals surface area contributed by atoms with E-state index in [2.05, 4.69) is 15.4 Å². The summed E-state index contributed by atoms with van der Waals surface area (Å²) in [4.78, 5) is 10.2. The fourth-order valence-electron chi connectivity index (χ4n) is 1.93.